The summed E-state index contributed by atoms with van der Waals surface area (Å²) in [6.07, 6.45) is 1.91. The number of rotatable bonds is 4. The van der Waals surface area contributed by atoms with Crippen molar-refractivity contribution in [2.24, 2.45) is 7.05 Å². The van der Waals surface area contributed by atoms with Gasteiger partial charge in [0.05, 0.1) is 5.69 Å². The van der Waals surface area contributed by atoms with Crippen molar-refractivity contribution >= 4 is 11.6 Å². The van der Waals surface area contributed by atoms with Crippen molar-refractivity contribution in [2.75, 3.05) is 6.54 Å². The quantitative estimate of drug-likeness (QED) is 0.766. The number of halogens is 1. The molecule has 1 heterocycles. The molecule has 1 aromatic heterocycles. The van der Waals surface area contributed by atoms with E-state index in [2.05, 4.69) is 17.0 Å². The Labute approximate surface area is 77.0 Å². The molecule has 0 radical (unpaired) electrons. The normalized spacial score (nSPS) is 10.2. The van der Waals surface area contributed by atoms with Crippen LogP contribution in [-0.2, 0) is 13.6 Å². The minimum absolute atomic E-state index is 0.617. The van der Waals surface area contributed by atoms with Crippen LogP contribution in [0.2, 0.25) is 0 Å². The Morgan fingerprint density at radius 2 is 2.58 bits per heavy atom. The van der Waals surface area contributed by atoms with Gasteiger partial charge in [-0.15, -0.1) is 0 Å². The molecule has 0 aliphatic heterocycles. The highest BCUT2D eigenvalue weighted by molar-refractivity contribution is 6.29. The SMILES string of the molecule is C=C(Cl)CNCc1ccn(C)n1. The maximum Gasteiger partial charge on any atom is 0.0762 e. The number of aromatic nitrogens is 2. The Morgan fingerprint density at radius 1 is 1.83 bits per heavy atom. The van der Waals surface area contributed by atoms with E-state index in [0.29, 0.717) is 11.6 Å². The van der Waals surface area contributed by atoms with E-state index in [1.54, 1.807) is 4.68 Å². The highest BCUT2D eigenvalue weighted by atomic mass is 35.5. The van der Waals surface area contributed by atoms with E-state index in [9.17, 15) is 0 Å². The predicted molar refractivity (Wildman–Crippen MR) is 49.9 cm³/mol. The zero-order valence-corrected chi connectivity index (χ0v) is 7.80. The molecule has 0 aliphatic carbocycles. The van der Waals surface area contributed by atoms with Gasteiger partial charge in [0.15, 0.2) is 0 Å². The monoisotopic (exact) mass is 185 g/mol. The highest BCUT2D eigenvalue weighted by Crippen LogP contribution is 1.96. The second-order valence-electron chi connectivity index (χ2n) is 2.60. The van der Waals surface area contributed by atoms with Crippen LogP contribution in [0.1, 0.15) is 5.69 Å². The molecular formula is C8H12ClN3. The third kappa shape index (κ3) is 3.07. The van der Waals surface area contributed by atoms with E-state index in [4.69, 9.17) is 11.6 Å². The van der Waals surface area contributed by atoms with E-state index < -0.39 is 0 Å². The molecule has 0 unspecified atom stereocenters. The van der Waals surface area contributed by atoms with Crippen molar-refractivity contribution in [1.82, 2.24) is 15.1 Å². The van der Waals surface area contributed by atoms with Gasteiger partial charge < -0.3 is 5.32 Å². The summed E-state index contributed by atoms with van der Waals surface area (Å²) in [6, 6.07) is 1.96. The van der Waals surface area contributed by atoms with Crippen molar-refractivity contribution in [3.63, 3.8) is 0 Å². The fraction of sp³-hybridized carbons (Fsp3) is 0.375. The number of nitrogens with one attached hydrogen (secondary N) is 1. The summed E-state index contributed by atoms with van der Waals surface area (Å²) in [5, 5.41) is 7.91. The first-order valence-corrected chi connectivity index (χ1v) is 4.09. The molecule has 1 aromatic rings. The molecule has 0 atom stereocenters. The van der Waals surface area contributed by atoms with E-state index in [0.717, 1.165) is 12.2 Å². The van der Waals surface area contributed by atoms with E-state index >= 15 is 0 Å². The summed E-state index contributed by atoms with van der Waals surface area (Å²) in [4.78, 5) is 0. The first-order valence-electron chi connectivity index (χ1n) is 3.71. The van der Waals surface area contributed by atoms with Crippen molar-refractivity contribution in [3.8, 4) is 0 Å². The maximum atomic E-state index is 5.57. The van der Waals surface area contributed by atoms with Gasteiger partial charge in [-0.2, -0.15) is 5.10 Å². The van der Waals surface area contributed by atoms with Crippen LogP contribution in [0.25, 0.3) is 0 Å². The van der Waals surface area contributed by atoms with Gasteiger partial charge in [0.2, 0.25) is 0 Å². The van der Waals surface area contributed by atoms with Crippen LogP contribution in [0.4, 0.5) is 0 Å². The molecule has 12 heavy (non-hydrogen) atoms. The number of hydrogen-bond donors (Lipinski definition) is 1. The van der Waals surface area contributed by atoms with E-state index in [-0.39, 0.29) is 0 Å². The summed E-state index contributed by atoms with van der Waals surface area (Å²) >= 11 is 5.57. The third-order valence-electron chi connectivity index (χ3n) is 1.39. The molecule has 1 rings (SSSR count). The first kappa shape index (κ1) is 9.29. The van der Waals surface area contributed by atoms with Gasteiger partial charge in [-0.05, 0) is 6.07 Å². The average Bonchev–Trinajstić information content (AvgIpc) is 2.35. The molecule has 0 amide bonds. The third-order valence-corrected chi connectivity index (χ3v) is 1.53. The van der Waals surface area contributed by atoms with Gasteiger partial charge in [-0.3, -0.25) is 4.68 Å². The van der Waals surface area contributed by atoms with Crippen LogP contribution >= 0.6 is 11.6 Å². The number of aryl methyl sites for hydroxylation is 1. The van der Waals surface area contributed by atoms with E-state index in [1.165, 1.54) is 0 Å². The lowest BCUT2D eigenvalue weighted by molar-refractivity contribution is 0.690. The zero-order chi connectivity index (χ0) is 8.97. The Morgan fingerprint density at radius 3 is 3.08 bits per heavy atom. The predicted octanol–water partition coefficient (Wildman–Crippen LogP) is 1.26. The lowest BCUT2D eigenvalue weighted by Gasteiger charge is -1.98. The number of hydrogen-bond acceptors (Lipinski definition) is 2. The summed E-state index contributed by atoms with van der Waals surface area (Å²) in [5.41, 5.74) is 1.01. The van der Waals surface area contributed by atoms with Crippen molar-refractivity contribution < 1.29 is 0 Å². The van der Waals surface area contributed by atoms with Crippen LogP contribution in [-0.4, -0.2) is 16.3 Å². The molecule has 0 spiro atoms. The molecule has 4 heteroatoms. The van der Waals surface area contributed by atoms with Gasteiger partial charge in [0, 0.05) is 31.4 Å². The summed E-state index contributed by atoms with van der Waals surface area (Å²) in [6.45, 7) is 4.92. The molecule has 1 N–H and O–H groups in total. The zero-order valence-electron chi connectivity index (χ0n) is 7.05. The average molecular weight is 186 g/mol. The fourth-order valence-electron chi connectivity index (χ4n) is 0.884. The second kappa shape index (κ2) is 4.28. The molecule has 0 saturated carbocycles. The molecule has 0 fully saturated rings. The van der Waals surface area contributed by atoms with Gasteiger partial charge in [0.25, 0.3) is 0 Å². The molecule has 0 aromatic carbocycles. The molecule has 0 bridgehead atoms. The molecule has 0 saturated heterocycles. The molecular weight excluding hydrogens is 174 g/mol. The molecule has 0 aliphatic rings. The van der Waals surface area contributed by atoms with Crippen LogP contribution < -0.4 is 5.32 Å². The Balaban J connectivity index is 2.29. The Kier molecular flexibility index (Phi) is 3.31. The lowest BCUT2D eigenvalue weighted by atomic mass is 10.4. The summed E-state index contributed by atoms with van der Waals surface area (Å²) < 4.78 is 1.77. The van der Waals surface area contributed by atoms with Crippen molar-refractivity contribution in [3.05, 3.63) is 29.6 Å². The van der Waals surface area contributed by atoms with Crippen LogP contribution in [0.15, 0.2) is 23.9 Å². The minimum Gasteiger partial charge on any atom is -0.306 e. The second-order valence-corrected chi connectivity index (χ2v) is 3.14. The van der Waals surface area contributed by atoms with Crippen LogP contribution in [0.3, 0.4) is 0 Å². The minimum atomic E-state index is 0.617. The largest absolute Gasteiger partial charge is 0.306 e. The highest BCUT2D eigenvalue weighted by Gasteiger charge is 1.95. The lowest BCUT2D eigenvalue weighted by Crippen LogP contribution is -2.14. The molecule has 3 nitrogen and oxygen atoms in total. The summed E-state index contributed by atoms with van der Waals surface area (Å²) in [5.74, 6) is 0. The topological polar surface area (TPSA) is 29.9 Å². The number of nitrogens with zero attached hydrogens (tertiary/aromatic N) is 2. The van der Waals surface area contributed by atoms with Gasteiger partial charge in [0.1, 0.15) is 0 Å². The molecule has 66 valence electrons. The fourth-order valence-corrected chi connectivity index (χ4v) is 0.978. The van der Waals surface area contributed by atoms with Crippen molar-refractivity contribution in [1.29, 1.82) is 0 Å². The van der Waals surface area contributed by atoms with Crippen molar-refractivity contribution in [2.45, 2.75) is 6.54 Å². The Bertz CT molecular complexity index is 267. The Hall–Kier alpha value is -0.800. The van der Waals surface area contributed by atoms with Crippen LogP contribution in [0.5, 0.6) is 0 Å². The summed E-state index contributed by atoms with van der Waals surface area (Å²) in [7, 11) is 1.89. The standard InChI is InChI=1S/C8H12ClN3/c1-7(9)5-10-6-8-3-4-12(2)11-8/h3-4,10H,1,5-6H2,2H3. The maximum absolute atomic E-state index is 5.57. The van der Waals surface area contributed by atoms with E-state index in [1.807, 2.05) is 19.3 Å². The van der Waals surface area contributed by atoms with Gasteiger partial charge in [-0.1, -0.05) is 18.2 Å². The van der Waals surface area contributed by atoms with Gasteiger partial charge >= 0.3 is 0 Å². The van der Waals surface area contributed by atoms with Crippen LogP contribution in [0, 0.1) is 0 Å². The smallest absolute Gasteiger partial charge is 0.0762 e. The van der Waals surface area contributed by atoms with Gasteiger partial charge in [-0.25, -0.2) is 0 Å². The first-order chi connectivity index (χ1) is 5.68.